The van der Waals surface area contributed by atoms with Crippen molar-refractivity contribution in [3.63, 3.8) is 0 Å². The standard InChI is InChI=1S/C14H20N2O5/c1-4-8-15-14(2,13(17)20-3)10-21-12-7-5-6-11(9-12)16(18)19/h5-7,9,15H,4,8,10H2,1-3H3. The van der Waals surface area contributed by atoms with Crippen molar-refractivity contribution in [2.75, 3.05) is 20.3 Å². The second-order valence-corrected chi connectivity index (χ2v) is 4.79. The molecule has 0 aliphatic carbocycles. The minimum Gasteiger partial charge on any atom is -0.491 e. The van der Waals surface area contributed by atoms with E-state index in [0.717, 1.165) is 6.42 Å². The number of esters is 1. The first-order chi connectivity index (χ1) is 9.92. The van der Waals surface area contributed by atoms with Crippen molar-refractivity contribution in [2.45, 2.75) is 25.8 Å². The summed E-state index contributed by atoms with van der Waals surface area (Å²) in [4.78, 5) is 22.1. The lowest BCUT2D eigenvalue weighted by Gasteiger charge is -2.27. The smallest absolute Gasteiger partial charge is 0.329 e. The van der Waals surface area contributed by atoms with E-state index in [4.69, 9.17) is 9.47 Å². The average molecular weight is 296 g/mol. The molecule has 1 N–H and O–H groups in total. The molecule has 1 aromatic carbocycles. The molecule has 0 amide bonds. The van der Waals surface area contributed by atoms with Crippen LogP contribution < -0.4 is 10.1 Å². The summed E-state index contributed by atoms with van der Waals surface area (Å²) in [6.07, 6.45) is 0.851. The number of nitro benzene ring substituents is 1. The van der Waals surface area contributed by atoms with Gasteiger partial charge in [0.2, 0.25) is 0 Å². The molecule has 0 spiro atoms. The van der Waals surface area contributed by atoms with Gasteiger partial charge in [0.25, 0.3) is 5.69 Å². The number of carbonyl (C=O) groups is 1. The molecule has 116 valence electrons. The van der Waals surface area contributed by atoms with E-state index in [1.165, 1.54) is 25.3 Å². The maximum atomic E-state index is 11.9. The summed E-state index contributed by atoms with van der Waals surface area (Å²) in [5.74, 6) is -0.112. The zero-order chi connectivity index (χ0) is 15.9. The molecule has 0 aromatic heterocycles. The van der Waals surface area contributed by atoms with E-state index in [1.807, 2.05) is 6.92 Å². The Morgan fingerprint density at radius 1 is 1.48 bits per heavy atom. The van der Waals surface area contributed by atoms with Crippen LogP contribution in [0.3, 0.4) is 0 Å². The van der Waals surface area contributed by atoms with Gasteiger partial charge in [0.15, 0.2) is 0 Å². The van der Waals surface area contributed by atoms with Crippen LogP contribution in [-0.4, -0.2) is 36.7 Å². The zero-order valence-corrected chi connectivity index (χ0v) is 12.4. The summed E-state index contributed by atoms with van der Waals surface area (Å²) in [7, 11) is 1.31. The third-order valence-corrected chi connectivity index (χ3v) is 2.96. The van der Waals surface area contributed by atoms with Crippen LogP contribution >= 0.6 is 0 Å². The number of nitrogens with one attached hydrogen (secondary N) is 1. The number of ether oxygens (including phenoxy) is 2. The molecule has 7 nitrogen and oxygen atoms in total. The fourth-order valence-corrected chi connectivity index (χ4v) is 1.72. The van der Waals surface area contributed by atoms with Gasteiger partial charge in [0.1, 0.15) is 17.9 Å². The van der Waals surface area contributed by atoms with Crippen molar-refractivity contribution in [1.82, 2.24) is 5.32 Å². The molecule has 21 heavy (non-hydrogen) atoms. The van der Waals surface area contributed by atoms with Gasteiger partial charge in [0.05, 0.1) is 18.1 Å². The van der Waals surface area contributed by atoms with Gasteiger partial charge in [-0.2, -0.15) is 0 Å². The molecular weight excluding hydrogens is 276 g/mol. The Labute approximate surface area is 123 Å². The molecule has 0 radical (unpaired) electrons. The maximum Gasteiger partial charge on any atom is 0.329 e. The SMILES string of the molecule is CCCNC(C)(COc1cccc([N+](=O)[O-])c1)C(=O)OC. The predicted molar refractivity (Wildman–Crippen MR) is 77.3 cm³/mol. The number of carbonyl (C=O) groups excluding carboxylic acids is 1. The molecular formula is C14H20N2O5. The third-order valence-electron chi connectivity index (χ3n) is 2.96. The quantitative estimate of drug-likeness (QED) is 0.447. The average Bonchev–Trinajstić information content (AvgIpc) is 2.50. The summed E-state index contributed by atoms with van der Waals surface area (Å²) < 4.78 is 10.3. The molecule has 1 atom stereocenters. The second-order valence-electron chi connectivity index (χ2n) is 4.79. The highest BCUT2D eigenvalue weighted by Crippen LogP contribution is 2.20. The monoisotopic (exact) mass is 296 g/mol. The van der Waals surface area contributed by atoms with Crippen molar-refractivity contribution < 1.29 is 19.2 Å². The number of benzene rings is 1. The van der Waals surface area contributed by atoms with E-state index in [9.17, 15) is 14.9 Å². The molecule has 0 fully saturated rings. The first-order valence-electron chi connectivity index (χ1n) is 6.63. The first-order valence-corrected chi connectivity index (χ1v) is 6.63. The lowest BCUT2D eigenvalue weighted by Crippen LogP contribution is -2.54. The second kappa shape index (κ2) is 7.58. The van der Waals surface area contributed by atoms with Crippen LogP contribution in [0.5, 0.6) is 5.75 Å². The van der Waals surface area contributed by atoms with E-state index in [0.29, 0.717) is 12.3 Å². The molecule has 0 aliphatic rings. The highest BCUT2D eigenvalue weighted by molar-refractivity contribution is 5.80. The van der Waals surface area contributed by atoms with Crippen LogP contribution in [-0.2, 0) is 9.53 Å². The number of nitro groups is 1. The Hall–Kier alpha value is -2.15. The molecule has 0 heterocycles. The predicted octanol–water partition coefficient (Wildman–Crippen LogP) is 1.90. The number of rotatable bonds is 8. The molecule has 0 bridgehead atoms. The van der Waals surface area contributed by atoms with Gasteiger partial charge in [-0.05, 0) is 26.0 Å². The van der Waals surface area contributed by atoms with Crippen molar-refractivity contribution >= 4 is 11.7 Å². The summed E-state index contributed by atoms with van der Waals surface area (Å²) in [5, 5.41) is 13.8. The minimum atomic E-state index is -1.00. The lowest BCUT2D eigenvalue weighted by molar-refractivity contribution is -0.384. The Bertz CT molecular complexity index is 506. The lowest BCUT2D eigenvalue weighted by atomic mass is 10.0. The molecule has 1 aromatic rings. The van der Waals surface area contributed by atoms with Crippen molar-refractivity contribution in [1.29, 1.82) is 0 Å². The Morgan fingerprint density at radius 2 is 2.19 bits per heavy atom. The normalized spacial score (nSPS) is 13.3. The van der Waals surface area contributed by atoms with E-state index in [2.05, 4.69) is 5.32 Å². The Kier molecular flexibility index (Phi) is 6.10. The largest absolute Gasteiger partial charge is 0.491 e. The van der Waals surface area contributed by atoms with E-state index in [-0.39, 0.29) is 12.3 Å². The van der Waals surface area contributed by atoms with Crippen molar-refractivity contribution in [3.8, 4) is 5.75 Å². The summed E-state index contributed by atoms with van der Waals surface area (Å²) in [5.41, 5.74) is -1.07. The number of hydrogen-bond acceptors (Lipinski definition) is 6. The van der Waals surface area contributed by atoms with Gasteiger partial charge in [-0.25, -0.2) is 4.79 Å². The number of methoxy groups -OCH3 is 1. The molecule has 7 heteroatoms. The van der Waals surface area contributed by atoms with Gasteiger partial charge < -0.3 is 9.47 Å². The molecule has 1 unspecified atom stereocenters. The summed E-state index contributed by atoms with van der Waals surface area (Å²) >= 11 is 0. The van der Waals surface area contributed by atoms with Crippen LogP contribution in [0, 0.1) is 10.1 Å². The molecule has 0 saturated heterocycles. The minimum absolute atomic E-state index is 0.0147. The van der Waals surface area contributed by atoms with Crippen LogP contribution in [0.1, 0.15) is 20.3 Å². The topological polar surface area (TPSA) is 90.7 Å². The fourth-order valence-electron chi connectivity index (χ4n) is 1.72. The van der Waals surface area contributed by atoms with Gasteiger partial charge in [-0.3, -0.25) is 15.4 Å². The Morgan fingerprint density at radius 3 is 2.76 bits per heavy atom. The highest BCUT2D eigenvalue weighted by Gasteiger charge is 2.34. The van der Waals surface area contributed by atoms with E-state index >= 15 is 0 Å². The molecule has 1 rings (SSSR count). The Balaban J connectivity index is 2.79. The van der Waals surface area contributed by atoms with E-state index in [1.54, 1.807) is 13.0 Å². The number of non-ortho nitro benzene ring substituents is 1. The van der Waals surface area contributed by atoms with Crippen molar-refractivity contribution in [2.24, 2.45) is 0 Å². The van der Waals surface area contributed by atoms with Crippen LogP contribution in [0.4, 0.5) is 5.69 Å². The zero-order valence-electron chi connectivity index (χ0n) is 12.4. The van der Waals surface area contributed by atoms with Gasteiger partial charge in [0, 0.05) is 6.07 Å². The number of hydrogen-bond donors (Lipinski definition) is 1. The van der Waals surface area contributed by atoms with Gasteiger partial charge >= 0.3 is 5.97 Å². The molecule has 0 aliphatic heterocycles. The van der Waals surface area contributed by atoms with E-state index < -0.39 is 16.4 Å². The van der Waals surface area contributed by atoms with Crippen LogP contribution in [0.25, 0.3) is 0 Å². The van der Waals surface area contributed by atoms with Gasteiger partial charge in [-0.1, -0.05) is 13.0 Å². The summed E-state index contributed by atoms with van der Waals surface area (Å²) in [6.45, 7) is 4.29. The first kappa shape index (κ1) is 16.9. The third kappa shape index (κ3) is 4.71. The van der Waals surface area contributed by atoms with Crippen molar-refractivity contribution in [3.05, 3.63) is 34.4 Å². The highest BCUT2D eigenvalue weighted by atomic mass is 16.6. The fraction of sp³-hybridized carbons (Fsp3) is 0.500. The van der Waals surface area contributed by atoms with Gasteiger partial charge in [-0.15, -0.1) is 0 Å². The maximum absolute atomic E-state index is 11.9. The summed E-state index contributed by atoms with van der Waals surface area (Å²) in [6, 6.07) is 5.83. The van der Waals surface area contributed by atoms with Crippen LogP contribution in [0.15, 0.2) is 24.3 Å². The number of nitrogens with zero attached hydrogens (tertiary/aromatic N) is 1. The molecule has 0 saturated carbocycles. The van der Waals surface area contributed by atoms with Crippen LogP contribution in [0.2, 0.25) is 0 Å².